The van der Waals surface area contributed by atoms with Gasteiger partial charge in [-0.15, -0.1) is 0 Å². The standard InChI is InChI=1S/C31H34Cl2N2O2/c1-21-15-16-24(17-22(21)2)19-30(36)35(20-26-27(32)13-8-14-28(26)33)29(18-23-9-4-3-5-10-23)31(37)34-25-11-6-7-12-25/h3-5,8-10,13-17,25,29H,6-7,11-12,18-20H2,1-2H3,(H,34,37)/t29-/m1/s1. The lowest BCUT2D eigenvalue weighted by Gasteiger charge is -2.33. The number of benzene rings is 3. The van der Waals surface area contributed by atoms with E-state index in [4.69, 9.17) is 23.2 Å². The van der Waals surface area contributed by atoms with Gasteiger partial charge in [-0.3, -0.25) is 9.59 Å². The average molecular weight is 538 g/mol. The van der Waals surface area contributed by atoms with Crippen molar-refractivity contribution in [2.45, 2.75) is 71.0 Å². The van der Waals surface area contributed by atoms with Crippen molar-refractivity contribution in [2.75, 3.05) is 0 Å². The van der Waals surface area contributed by atoms with Crippen LogP contribution in [-0.2, 0) is 29.0 Å². The summed E-state index contributed by atoms with van der Waals surface area (Å²) in [6, 6.07) is 20.6. The van der Waals surface area contributed by atoms with Gasteiger partial charge in [0.25, 0.3) is 0 Å². The van der Waals surface area contributed by atoms with Crippen LogP contribution in [0.2, 0.25) is 10.0 Å². The maximum Gasteiger partial charge on any atom is 0.243 e. The fourth-order valence-electron chi connectivity index (χ4n) is 4.96. The molecule has 1 saturated carbocycles. The first kappa shape index (κ1) is 27.2. The lowest BCUT2D eigenvalue weighted by Crippen LogP contribution is -2.52. The molecule has 194 valence electrons. The smallest absolute Gasteiger partial charge is 0.243 e. The summed E-state index contributed by atoms with van der Waals surface area (Å²) in [7, 11) is 0. The van der Waals surface area contributed by atoms with E-state index in [1.54, 1.807) is 23.1 Å². The third-order valence-electron chi connectivity index (χ3n) is 7.29. The topological polar surface area (TPSA) is 49.4 Å². The number of halogens is 2. The molecular weight excluding hydrogens is 503 g/mol. The first-order valence-corrected chi connectivity index (χ1v) is 13.7. The summed E-state index contributed by atoms with van der Waals surface area (Å²) in [5.41, 5.74) is 4.85. The van der Waals surface area contributed by atoms with E-state index in [9.17, 15) is 9.59 Å². The van der Waals surface area contributed by atoms with Gasteiger partial charge in [0.2, 0.25) is 11.8 Å². The van der Waals surface area contributed by atoms with Gasteiger partial charge < -0.3 is 10.2 Å². The molecule has 1 fully saturated rings. The molecule has 0 bridgehead atoms. The van der Waals surface area contributed by atoms with E-state index in [0.29, 0.717) is 22.0 Å². The highest BCUT2D eigenvalue weighted by Gasteiger charge is 2.33. The van der Waals surface area contributed by atoms with Crippen LogP contribution in [0.1, 0.15) is 53.5 Å². The second kappa shape index (κ2) is 12.6. The van der Waals surface area contributed by atoms with E-state index in [2.05, 4.69) is 12.2 Å². The lowest BCUT2D eigenvalue weighted by atomic mass is 10.00. The average Bonchev–Trinajstić information content (AvgIpc) is 3.38. The second-order valence-corrected chi connectivity index (χ2v) is 10.8. The van der Waals surface area contributed by atoms with Crippen molar-refractivity contribution in [2.24, 2.45) is 0 Å². The van der Waals surface area contributed by atoms with Crippen LogP contribution in [0.5, 0.6) is 0 Å². The van der Waals surface area contributed by atoms with Crippen molar-refractivity contribution in [1.29, 1.82) is 0 Å². The molecule has 1 atom stereocenters. The quantitative estimate of drug-likeness (QED) is 0.325. The Morgan fingerprint density at radius 2 is 1.57 bits per heavy atom. The summed E-state index contributed by atoms with van der Waals surface area (Å²) < 4.78 is 0. The monoisotopic (exact) mass is 536 g/mol. The van der Waals surface area contributed by atoms with Gasteiger partial charge in [0.05, 0.1) is 6.42 Å². The molecule has 37 heavy (non-hydrogen) atoms. The van der Waals surface area contributed by atoms with E-state index in [1.807, 2.05) is 55.5 Å². The van der Waals surface area contributed by atoms with Gasteiger partial charge >= 0.3 is 0 Å². The first-order chi connectivity index (χ1) is 17.8. The molecule has 0 radical (unpaired) electrons. The summed E-state index contributed by atoms with van der Waals surface area (Å²) in [6.07, 6.45) is 4.75. The Bertz CT molecular complexity index is 1220. The van der Waals surface area contributed by atoms with E-state index in [-0.39, 0.29) is 30.8 Å². The molecule has 4 rings (SSSR count). The van der Waals surface area contributed by atoms with Crippen molar-refractivity contribution in [3.8, 4) is 0 Å². The van der Waals surface area contributed by atoms with Crippen LogP contribution in [0, 0.1) is 13.8 Å². The fraction of sp³-hybridized carbons (Fsp3) is 0.355. The van der Waals surface area contributed by atoms with Gasteiger partial charge in [-0.05, 0) is 61.1 Å². The Kier molecular flexibility index (Phi) is 9.28. The van der Waals surface area contributed by atoms with Gasteiger partial charge in [0, 0.05) is 34.6 Å². The minimum Gasteiger partial charge on any atom is -0.352 e. The largest absolute Gasteiger partial charge is 0.352 e. The fourth-order valence-corrected chi connectivity index (χ4v) is 5.48. The van der Waals surface area contributed by atoms with Crippen LogP contribution in [-0.4, -0.2) is 28.8 Å². The Morgan fingerprint density at radius 3 is 2.22 bits per heavy atom. The zero-order chi connectivity index (χ0) is 26.4. The van der Waals surface area contributed by atoms with Crippen molar-refractivity contribution in [3.63, 3.8) is 0 Å². The van der Waals surface area contributed by atoms with Crippen LogP contribution in [0.4, 0.5) is 0 Å². The number of carbonyl (C=O) groups excluding carboxylic acids is 2. The van der Waals surface area contributed by atoms with E-state index in [1.165, 1.54) is 5.56 Å². The Balaban J connectivity index is 1.70. The van der Waals surface area contributed by atoms with Crippen LogP contribution < -0.4 is 5.32 Å². The minimum absolute atomic E-state index is 0.132. The van der Waals surface area contributed by atoms with Crippen LogP contribution in [0.3, 0.4) is 0 Å². The molecule has 2 amide bonds. The van der Waals surface area contributed by atoms with Gasteiger partial charge in [-0.25, -0.2) is 0 Å². The molecule has 3 aromatic rings. The molecule has 0 unspecified atom stereocenters. The summed E-state index contributed by atoms with van der Waals surface area (Å²) in [6.45, 7) is 4.24. The van der Waals surface area contributed by atoms with Gasteiger partial charge in [-0.2, -0.15) is 0 Å². The maximum absolute atomic E-state index is 14.0. The Hall–Kier alpha value is -2.82. The third-order valence-corrected chi connectivity index (χ3v) is 8.00. The number of aryl methyl sites for hydroxylation is 2. The van der Waals surface area contributed by atoms with Gasteiger partial charge in [-0.1, -0.05) is 90.6 Å². The number of amides is 2. The number of hydrogen-bond donors (Lipinski definition) is 1. The van der Waals surface area contributed by atoms with E-state index in [0.717, 1.165) is 42.4 Å². The SMILES string of the molecule is Cc1ccc(CC(=O)N(Cc2c(Cl)cccc2Cl)[C@H](Cc2ccccc2)C(=O)NC2CCCC2)cc1C. The second-order valence-electron chi connectivity index (χ2n) is 10.0. The number of hydrogen-bond acceptors (Lipinski definition) is 2. The molecule has 0 heterocycles. The normalized spacial score (nSPS) is 14.4. The number of rotatable bonds is 9. The zero-order valence-corrected chi connectivity index (χ0v) is 23.0. The molecule has 4 nitrogen and oxygen atoms in total. The predicted octanol–water partition coefficient (Wildman–Crippen LogP) is 6.85. The Labute approximate surface area is 230 Å². The van der Waals surface area contributed by atoms with Crippen molar-refractivity contribution in [3.05, 3.63) is 105 Å². The lowest BCUT2D eigenvalue weighted by molar-refractivity contribution is -0.141. The highest BCUT2D eigenvalue weighted by molar-refractivity contribution is 6.36. The third kappa shape index (κ3) is 7.15. The molecule has 1 N–H and O–H groups in total. The zero-order valence-electron chi connectivity index (χ0n) is 21.5. The molecule has 0 spiro atoms. The van der Waals surface area contributed by atoms with Crippen molar-refractivity contribution < 1.29 is 9.59 Å². The molecule has 0 aromatic heterocycles. The molecule has 1 aliphatic rings. The number of carbonyl (C=O) groups is 2. The molecule has 6 heteroatoms. The highest BCUT2D eigenvalue weighted by Crippen LogP contribution is 2.28. The highest BCUT2D eigenvalue weighted by atomic mass is 35.5. The number of nitrogens with one attached hydrogen (secondary N) is 1. The number of nitrogens with zero attached hydrogens (tertiary/aromatic N) is 1. The molecular formula is C31H34Cl2N2O2. The predicted molar refractivity (Wildman–Crippen MR) is 151 cm³/mol. The van der Waals surface area contributed by atoms with Crippen LogP contribution in [0.25, 0.3) is 0 Å². The molecule has 1 aliphatic carbocycles. The van der Waals surface area contributed by atoms with Crippen LogP contribution in [0.15, 0.2) is 66.7 Å². The molecule has 0 saturated heterocycles. The van der Waals surface area contributed by atoms with E-state index < -0.39 is 6.04 Å². The van der Waals surface area contributed by atoms with Crippen LogP contribution >= 0.6 is 23.2 Å². The van der Waals surface area contributed by atoms with Gasteiger partial charge in [0.1, 0.15) is 6.04 Å². The summed E-state index contributed by atoms with van der Waals surface area (Å²) in [4.78, 5) is 29.4. The minimum atomic E-state index is -0.700. The summed E-state index contributed by atoms with van der Waals surface area (Å²) >= 11 is 13.1. The van der Waals surface area contributed by atoms with Crippen molar-refractivity contribution in [1.82, 2.24) is 10.2 Å². The van der Waals surface area contributed by atoms with E-state index >= 15 is 0 Å². The molecule has 3 aromatic carbocycles. The Morgan fingerprint density at radius 1 is 0.892 bits per heavy atom. The first-order valence-electron chi connectivity index (χ1n) is 12.9. The maximum atomic E-state index is 14.0. The summed E-state index contributed by atoms with van der Waals surface area (Å²) in [5, 5.41) is 4.19. The molecule has 0 aliphatic heterocycles. The summed E-state index contributed by atoms with van der Waals surface area (Å²) in [5.74, 6) is -0.269. The van der Waals surface area contributed by atoms with Crippen molar-refractivity contribution >= 4 is 35.0 Å². The van der Waals surface area contributed by atoms with Gasteiger partial charge in [0.15, 0.2) is 0 Å².